The summed E-state index contributed by atoms with van der Waals surface area (Å²) in [7, 11) is 0. The number of hydrogen-bond donors (Lipinski definition) is 0. The Morgan fingerprint density at radius 1 is 0.938 bits per heavy atom. The first kappa shape index (κ1) is 12.0. The topological polar surface area (TPSA) is 0 Å². The van der Waals surface area contributed by atoms with Crippen LogP contribution >= 0.6 is 0 Å². The molecule has 0 radical (unpaired) electrons. The zero-order chi connectivity index (χ0) is 11.8. The predicted octanol–water partition coefficient (Wildman–Crippen LogP) is 4.40. The van der Waals surface area contributed by atoms with Crippen molar-refractivity contribution in [3.63, 3.8) is 0 Å². The molecule has 2 aromatic carbocycles. The van der Waals surface area contributed by atoms with Crippen LogP contribution in [0.3, 0.4) is 0 Å². The van der Waals surface area contributed by atoms with Crippen molar-refractivity contribution in [1.29, 1.82) is 0 Å². The summed E-state index contributed by atoms with van der Waals surface area (Å²) in [5.74, 6) is -0.148. The normalized spacial score (nSPS) is 12.0. The fourth-order valence-electron chi connectivity index (χ4n) is 1.99. The van der Waals surface area contributed by atoms with E-state index in [-0.39, 0.29) is 5.82 Å². The van der Waals surface area contributed by atoms with Crippen LogP contribution < -0.4 is 0 Å². The summed E-state index contributed by atoms with van der Waals surface area (Å²) in [5, 5.41) is 2.14. The van der Waals surface area contributed by atoms with Crippen LogP contribution in [0.2, 0.25) is 13.4 Å². The van der Waals surface area contributed by atoms with Crippen molar-refractivity contribution in [2.45, 2.75) is 17.4 Å². The molecule has 0 aromatic heterocycles. The van der Waals surface area contributed by atoms with Gasteiger partial charge in [0.25, 0.3) is 0 Å². The molecule has 84 valence electrons. The zero-order valence-electron chi connectivity index (χ0n) is 10.0. The van der Waals surface area contributed by atoms with Crippen molar-refractivity contribution in [1.82, 2.24) is 0 Å². The van der Waals surface area contributed by atoms with E-state index >= 15 is 0 Å². The van der Waals surface area contributed by atoms with Gasteiger partial charge in [0.2, 0.25) is 0 Å². The van der Waals surface area contributed by atoms with Crippen molar-refractivity contribution in [3.05, 3.63) is 47.8 Å². The standard InChI is InChI=1S/C11H8F.3CH3.Pb/c1-8-2-3-9-4-5-11(12)7-10(9)6-8;;;;/h2-7H,1H2;3*1H3;. The second-order valence-electron chi connectivity index (χ2n) is 5.56. The van der Waals surface area contributed by atoms with Gasteiger partial charge in [-0.2, -0.15) is 0 Å². The monoisotopic (exact) mass is 412 g/mol. The number of fused-ring (bicyclic) bond motifs is 1. The second-order valence-corrected chi connectivity index (χ2v) is 26.8. The molecule has 2 aromatic rings. The summed E-state index contributed by atoms with van der Waals surface area (Å²) in [6.07, 6.45) is 0. The Labute approximate surface area is 101 Å². The van der Waals surface area contributed by atoms with Crippen molar-refractivity contribution >= 4 is 31.9 Å². The molecule has 0 N–H and O–H groups in total. The number of halogens is 1. The molecule has 0 aliphatic rings. The van der Waals surface area contributed by atoms with E-state index in [1.807, 2.05) is 6.07 Å². The third-order valence-electron chi connectivity index (χ3n) is 2.60. The van der Waals surface area contributed by atoms with Gasteiger partial charge in [-0.3, -0.25) is 0 Å². The third kappa shape index (κ3) is 3.03. The molecule has 0 fully saturated rings. The van der Waals surface area contributed by atoms with Gasteiger partial charge in [0.1, 0.15) is 0 Å². The van der Waals surface area contributed by atoms with Gasteiger partial charge < -0.3 is 0 Å². The van der Waals surface area contributed by atoms with Gasteiger partial charge >= 0.3 is 102 Å². The first-order valence-electron chi connectivity index (χ1n) is 5.62. The molecule has 2 rings (SSSR count). The molecule has 0 unspecified atom stereocenters. The summed E-state index contributed by atoms with van der Waals surface area (Å²) < 4.78 is 21.7. The maximum atomic E-state index is 13.1. The van der Waals surface area contributed by atoms with Gasteiger partial charge in [-0.25, -0.2) is 0 Å². The first-order chi connectivity index (χ1) is 7.44. The number of benzene rings is 2. The Morgan fingerprint density at radius 3 is 2.31 bits per heavy atom. The summed E-state index contributed by atoms with van der Waals surface area (Å²) in [6.45, 7) is 0. The van der Waals surface area contributed by atoms with E-state index in [1.54, 1.807) is 6.07 Å². The van der Waals surface area contributed by atoms with Crippen LogP contribution in [0.4, 0.5) is 4.39 Å². The molecule has 16 heavy (non-hydrogen) atoms. The molecule has 0 saturated heterocycles. The van der Waals surface area contributed by atoms with Gasteiger partial charge in [-0.05, 0) is 0 Å². The molecule has 0 amide bonds. The van der Waals surface area contributed by atoms with Gasteiger partial charge in [0.15, 0.2) is 0 Å². The van der Waals surface area contributed by atoms with Gasteiger partial charge in [-0.1, -0.05) is 0 Å². The van der Waals surface area contributed by atoms with E-state index in [1.165, 1.54) is 15.6 Å². The summed E-state index contributed by atoms with van der Waals surface area (Å²) in [6, 6.07) is 11.4. The Balaban J connectivity index is 2.43. The molecular weight excluding hydrogens is 394 g/mol. The van der Waals surface area contributed by atoms with Crippen LogP contribution in [0.1, 0.15) is 5.56 Å². The molecule has 0 heterocycles. The van der Waals surface area contributed by atoms with E-state index in [0.717, 1.165) is 10.8 Å². The fraction of sp³-hybridized carbons (Fsp3) is 0.286. The molecule has 0 bridgehead atoms. The van der Waals surface area contributed by atoms with E-state index < -0.39 is 21.2 Å². The number of rotatable bonds is 2. The Bertz CT molecular complexity index is 512. The molecule has 0 aliphatic heterocycles. The minimum atomic E-state index is -1.91. The third-order valence-corrected chi connectivity index (χ3v) is 8.31. The minimum absolute atomic E-state index is 0.148. The van der Waals surface area contributed by atoms with Crippen molar-refractivity contribution in [2.75, 3.05) is 0 Å². The fourth-order valence-corrected chi connectivity index (χ4v) is 7.61. The first-order valence-corrected chi connectivity index (χ1v) is 20.0. The van der Waals surface area contributed by atoms with E-state index in [9.17, 15) is 4.39 Å². The SMILES string of the molecule is [CH3][Pb]([CH3])([CH3])[CH2]c1ccc2ccc(F)cc2c1. The molecule has 0 aliphatic carbocycles. The molecule has 0 spiro atoms. The molecule has 0 atom stereocenters. The van der Waals surface area contributed by atoms with Gasteiger partial charge in [-0.15, -0.1) is 0 Å². The maximum absolute atomic E-state index is 13.1. The number of hydrogen-bond acceptors (Lipinski definition) is 0. The average Bonchev–Trinajstić information content (AvgIpc) is 2.14. The zero-order valence-corrected chi connectivity index (χ0v) is 13.9. The molecule has 0 saturated carbocycles. The molecular formula is C14H17FPb. The Kier molecular flexibility index (Phi) is 3.33. The predicted molar refractivity (Wildman–Crippen MR) is 71.0 cm³/mol. The summed E-state index contributed by atoms with van der Waals surface area (Å²) in [4.78, 5) is 0. The Hall–Kier alpha value is -0.448. The van der Waals surface area contributed by atoms with E-state index in [4.69, 9.17) is 0 Å². The van der Waals surface area contributed by atoms with E-state index in [0.29, 0.717) is 0 Å². The quantitative estimate of drug-likeness (QED) is 0.643. The van der Waals surface area contributed by atoms with Gasteiger partial charge in [0, 0.05) is 0 Å². The van der Waals surface area contributed by atoms with Crippen LogP contribution in [0.5, 0.6) is 0 Å². The van der Waals surface area contributed by atoms with Crippen LogP contribution in [0, 0.1) is 5.82 Å². The summed E-state index contributed by atoms with van der Waals surface area (Å²) >= 11 is -1.91. The second kappa shape index (κ2) is 4.43. The van der Waals surface area contributed by atoms with Gasteiger partial charge in [0.05, 0.1) is 0 Å². The van der Waals surface area contributed by atoms with Crippen LogP contribution in [-0.2, 0) is 3.98 Å². The van der Waals surface area contributed by atoms with E-state index in [2.05, 4.69) is 31.6 Å². The van der Waals surface area contributed by atoms with Crippen molar-refractivity contribution in [2.24, 2.45) is 0 Å². The van der Waals surface area contributed by atoms with Crippen LogP contribution in [-0.4, -0.2) is 21.2 Å². The Morgan fingerprint density at radius 2 is 1.62 bits per heavy atom. The average molecular weight is 411 g/mol. The molecule has 0 nitrogen and oxygen atoms in total. The summed E-state index contributed by atoms with van der Waals surface area (Å²) in [5.41, 5.74) is 1.37. The van der Waals surface area contributed by atoms with Crippen LogP contribution in [0.15, 0.2) is 36.4 Å². The van der Waals surface area contributed by atoms with Crippen molar-refractivity contribution < 1.29 is 4.39 Å². The van der Waals surface area contributed by atoms with Crippen molar-refractivity contribution in [3.8, 4) is 0 Å². The molecule has 2 heteroatoms. The van der Waals surface area contributed by atoms with Crippen LogP contribution in [0.25, 0.3) is 10.8 Å².